The Morgan fingerprint density at radius 1 is 1.42 bits per heavy atom. The van der Waals surface area contributed by atoms with E-state index in [2.05, 4.69) is 9.97 Å². The second-order valence-corrected chi connectivity index (χ2v) is 2.96. The van der Waals surface area contributed by atoms with Crippen molar-refractivity contribution < 1.29 is 8.42 Å². The van der Waals surface area contributed by atoms with Gasteiger partial charge in [0, 0.05) is 42.0 Å². The second-order valence-electron chi connectivity index (χ2n) is 1.88. The zero-order chi connectivity index (χ0) is 8.27. The molecule has 12 heavy (non-hydrogen) atoms. The molecule has 59 valence electrons. The zero-order valence-electron chi connectivity index (χ0n) is 6.85. The van der Waals surface area contributed by atoms with Gasteiger partial charge in [-0.15, -0.1) is 0 Å². The van der Waals surface area contributed by atoms with Gasteiger partial charge in [0.25, 0.3) is 0 Å². The summed E-state index contributed by atoms with van der Waals surface area (Å²) in [6.07, 6.45) is 4.35. The molecule has 1 radical (unpaired) electrons. The summed E-state index contributed by atoms with van der Waals surface area (Å²) in [5, 5.41) is 0. The van der Waals surface area contributed by atoms with Crippen LogP contribution >= 0.6 is 0 Å². The average Bonchev–Trinajstić information content (AvgIpc) is 2.05. The van der Waals surface area contributed by atoms with Crippen LogP contribution in [0.15, 0.2) is 18.6 Å². The van der Waals surface area contributed by atoms with Gasteiger partial charge in [-0.25, -0.2) is 0 Å². The molecule has 0 amide bonds. The quantitative estimate of drug-likeness (QED) is 0.343. The topological polar surface area (TPSA) is 59.9 Å². The summed E-state index contributed by atoms with van der Waals surface area (Å²) < 4.78 is 20.8. The maximum absolute atomic E-state index is 10.4. The predicted molar refractivity (Wildman–Crippen MR) is 46.5 cm³/mol. The van der Waals surface area contributed by atoms with Gasteiger partial charge in [0.15, 0.2) is 0 Å². The molecular weight excluding hydrogens is 187 g/mol. The smallest absolute Gasteiger partial charge is 0.219 e. The molecule has 0 saturated heterocycles. The number of hydrogen-bond donors (Lipinski definition) is 0. The van der Waals surface area contributed by atoms with E-state index in [4.69, 9.17) is 0 Å². The van der Waals surface area contributed by atoms with E-state index < -0.39 is 10.3 Å². The minimum absolute atomic E-state index is 0. The van der Waals surface area contributed by atoms with Crippen LogP contribution in [0.3, 0.4) is 0 Å². The molecule has 6 heteroatoms. The summed E-state index contributed by atoms with van der Waals surface area (Å²) in [6.45, 7) is 1.48. The van der Waals surface area contributed by atoms with Crippen molar-refractivity contribution in [1.29, 1.82) is 0 Å². The first-order valence-corrected chi connectivity index (χ1v) is 3.98. The summed E-state index contributed by atoms with van der Waals surface area (Å²) in [5.41, 5.74) is 0.390. The van der Waals surface area contributed by atoms with E-state index in [0.29, 0.717) is 5.69 Å². The summed E-state index contributed by atoms with van der Waals surface area (Å²) in [7, 11) is -2.20. The molecule has 1 aromatic rings. The van der Waals surface area contributed by atoms with Crippen molar-refractivity contribution in [2.75, 3.05) is 0 Å². The van der Waals surface area contributed by atoms with Crippen molar-refractivity contribution in [3.05, 3.63) is 24.3 Å². The molecule has 0 atom stereocenters. The third-order valence-corrected chi connectivity index (χ3v) is 1.88. The number of rotatable bonds is 1. The van der Waals surface area contributed by atoms with Crippen LogP contribution in [0.5, 0.6) is 0 Å². The van der Waals surface area contributed by atoms with Crippen molar-refractivity contribution in [3.8, 4) is 0 Å². The van der Waals surface area contributed by atoms with Crippen LogP contribution in [0.25, 0.3) is 0 Å². The van der Waals surface area contributed by atoms with E-state index in [-0.39, 0.29) is 34.4 Å². The second kappa shape index (κ2) is 5.42. The Kier molecular flexibility index (Phi) is 5.32. The Balaban J connectivity index is 0.00000121. The van der Waals surface area contributed by atoms with Crippen molar-refractivity contribution in [1.82, 2.24) is 9.97 Å². The average molecular weight is 193 g/mol. The van der Waals surface area contributed by atoms with E-state index in [1.54, 1.807) is 0 Å². The van der Waals surface area contributed by atoms with Gasteiger partial charge in [0.2, 0.25) is 10.3 Å². The summed E-state index contributed by atoms with van der Waals surface area (Å²) in [4.78, 5) is 7.75. The van der Waals surface area contributed by atoms with Gasteiger partial charge in [-0.3, -0.25) is 9.97 Å². The van der Waals surface area contributed by atoms with E-state index in [0.717, 1.165) is 0 Å². The molecule has 1 rings (SSSR count). The standard InChI is InChI=1S/C6H6N2O2S.Na/c1-5(11(9)10)6-4-7-2-3-8-6;/h2-4H,1H3;. The maximum Gasteiger partial charge on any atom is 0.219 e. The third kappa shape index (κ3) is 3.02. The molecule has 0 aliphatic rings. The Bertz CT molecular complexity index is 366. The van der Waals surface area contributed by atoms with Gasteiger partial charge in [0.1, 0.15) is 0 Å². The van der Waals surface area contributed by atoms with Crippen molar-refractivity contribution in [2.24, 2.45) is 0 Å². The molecule has 1 heterocycles. The van der Waals surface area contributed by atoms with E-state index in [1.807, 2.05) is 0 Å². The fourth-order valence-electron chi connectivity index (χ4n) is 0.566. The van der Waals surface area contributed by atoms with Crippen LogP contribution in [-0.2, 0) is 10.3 Å². The molecule has 0 fully saturated rings. The van der Waals surface area contributed by atoms with Crippen LogP contribution < -0.4 is 0 Å². The summed E-state index contributed by atoms with van der Waals surface area (Å²) in [5.74, 6) is 0. The first-order valence-electron chi connectivity index (χ1n) is 2.91. The van der Waals surface area contributed by atoms with Gasteiger partial charge < -0.3 is 0 Å². The van der Waals surface area contributed by atoms with E-state index in [9.17, 15) is 8.42 Å². The van der Waals surface area contributed by atoms with Crippen LogP contribution in [0.2, 0.25) is 0 Å². The molecule has 0 unspecified atom stereocenters. The monoisotopic (exact) mass is 193 g/mol. The third-order valence-electron chi connectivity index (χ3n) is 1.17. The van der Waals surface area contributed by atoms with Gasteiger partial charge in [-0.1, -0.05) is 0 Å². The molecule has 0 saturated carbocycles. The molecule has 0 bridgehead atoms. The van der Waals surface area contributed by atoms with Crippen molar-refractivity contribution >= 4 is 44.7 Å². The predicted octanol–water partition coefficient (Wildman–Crippen LogP) is -0.485. The SMILES string of the molecule is CC(c1cnccn1)=S(=O)=O.[Na]. The Hall–Kier alpha value is -0.230. The minimum Gasteiger partial charge on any atom is -0.261 e. The minimum atomic E-state index is -2.20. The van der Waals surface area contributed by atoms with Gasteiger partial charge in [-0.2, -0.15) is 8.42 Å². The van der Waals surface area contributed by atoms with Crippen LogP contribution in [-0.4, -0.2) is 52.8 Å². The number of nitrogens with zero attached hydrogens (tertiary/aromatic N) is 2. The van der Waals surface area contributed by atoms with Crippen molar-refractivity contribution in [3.63, 3.8) is 0 Å². The molecule has 0 aromatic carbocycles. The van der Waals surface area contributed by atoms with E-state index in [1.165, 1.54) is 25.5 Å². The molecule has 0 N–H and O–H groups in total. The number of aromatic nitrogens is 2. The van der Waals surface area contributed by atoms with Crippen LogP contribution in [0.1, 0.15) is 12.6 Å². The zero-order valence-corrected chi connectivity index (χ0v) is 9.67. The fourth-order valence-corrected chi connectivity index (χ4v) is 0.842. The van der Waals surface area contributed by atoms with Crippen molar-refractivity contribution in [2.45, 2.75) is 6.92 Å². The summed E-state index contributed by atoms with van der Waals surface area (Å²) in [6, 6.07) is 0. The normalized spacial score (nSPS) is 8.42. The fraction of sp³-hybridized carbons (Fsp3) is 0.167. The molecule has 0 spiro atoms. The van der Waals surface area contributed by atoms with Gasteiger partial charge >= 0.3 is 0 Å². The molecular formula is C6H6N2NaO2S. The molecule has 0 aliphatic carbocycles. The Morgan fingerprint density at radius 3 is 2.50 bits per heavy atom. The maximum atomic E-state index is 10.4. The van der Waals surface area contributed by atoms with Gasteiger partial charge in [0.05, 0.1) is 16.8 Å². The van der Waals surface area contributed by atoms with E-state index >= 15 is 0 Å². The first kappa shape index (κ1) is 11.8. The van der Waals surface area contributed by atoms with Crippen LogP contribution in [0, 0.1) is 0 Å². The Labute approximate surface area is 93.9 Å². The van der Waals surface area contributed by atoms with Gasteiger partial charge in [-0.05, 0) is 6.92 Å². The summed E-state index contributed by atoms with van der Waals surface area (Å²) >= 11 is 0. The molecule has 0 aliphatic heterocycles. The number of hydrogen-bond acceptors (Lipinski definition) is 4. The molecule has 1 aromatic heterocycles. The Morgan fingerprint density at radius 2 is 2.08 bits per heavy atom. The van der Waals surface area contributed by atoms with Crippen LogP contribution in [0.4, 0.5) is 0 Å². The largest absolute Gasteiger partial charge is 0.261 e. The first-order chi connectivity index (χ1) is 5.22. The molecule has 4 nitrogen and oxygen atoms in total.